The summed E-state index contributed by atoms with van der Waals surface area (Å²) in [5.74, 6) is 0.495. The third-order valence-corrected chi connectivity index (χ3v) is 4.54. The first kappa shape index (κ1) is 15.2. The molecule has 2 atom stereocenters. The molecule has 1 rings (SSSR count). The molecule has 100 valence electrons. The fraction of sp³-hybridized carbons (Fsp3) is 0.533. The zero-order chi connectivity index (χ0) is 13.8. The van der Waals surface area contributed by atoms with Crippen molar-refractivity contribution >= 4 is 21.8 Å². The number of hydrogen-bond acceptors (Lipinski definition) is 1. The second kappa shape index (κ2) is 6.37. The van der Waals surface area contributed by atoms with Crippen molar-refractivity contribution in [2.24, 2.45) is 5.92 Å². The summed E-state index contributed by atoms with van der Waals surface area (Å²) in [5.41, 5.74) is 0.544. The molecule has 0 bridgehead atoms. The van der Waals surface area contributed by atoms with Gasteiger partial charge in [-0.05, 0) is 32.3 Å². The van der Waals surface area contributed by atoms with Crippen LogP contribution in [-0.2, 0) is 10.2 Å². The molecular weight excluding hydrogens is 290 g/mol. The van der Waals surface area contributed by atoms with Crippen LogP contribution in [0.25, 0.3) is 0 Å². The van der Waals surface area contributed by atoms with Crippen LogP contribution in [0, 0.1) is 5.92 Å². The van der Waals surface area contributed by atoms with Gasteiger partial charge in [-0.15, -0.1) is 0 Å². The third-order valence-electron chi connectivity index (χ3n) is 3.52. The predicted octanol–water partition coefficient (Wildman–Crippen LogP) is 3.50. The van der Waals surface area contributed by atoms with Gasteiger partial charge in [-0.2, -0.15) is 0 Å². The molecule has 1 amide bonds. The van der Waals surface area contributed by atoms with Crippen molar-refractivity contribution in [1.29, 1.82) is 0 Å². The second-order valence-electron chi connectivity index (χ2n) is 5.38. The molecule has 1 aromatic rings. The molecular formula is C15H22BrNO. The van der Waals surface area contributed by atoms with E-state index in [2.05, 4.69) is 28.2 Å². The topological polar surface area (TPSA) is 29.1 Å². The molecule has 0 aliphatic heterocycles. The minimum atomic E-state index is -0.498. The van der Waals surface area contributed by atoms with Crippen molar-refractivity contribution in [3.05, 3.63) is 35.9 Å². The number of carbonyl (C=O) groups excluding carboxylic acids is 1. The first-order valence-corrected chi connectivity index (χ1v) is 7.44. The number of nitrogens with one attached hydrogen (secondary N) is 1. The normalized spacial score (nSPS) is 14.9. The number of amides is 1. The van der Waals surface area contributed by atoms with Gasteiger partial charge in [-0.3, -0.25) is 4.79 Å². The molecule has 1 aromatic carbocycles. The molecule has 0 fully saturated rings. The summed E-state index contributed by atoms with van der Waals surface area (Å²) in [7, 11) is 0. The molecule has 0 saturated heterocycles. The Kier molecular flexibility index (Phi) is 5.39. The number of rotatable bonds is 5. The van der Waals surface area contributed by atoms with Gasteiger partial charge in [0.15, 0.2) is 0 Å². The zero-order valence-corrected chi connectivity index (χ0v) is 13.1. The van der Waals surface area contributed by atoms with Crippen LogP contribution in [0.1, 0.15) is 33.3 Å². The number of halogens is 1. The molecule has 2 unspecified atom stereocenters. The van der Waals surface area contributed by atoms with Gasteiger partial charge in [0.2, 0.25) is 5.91 Å². The van der Waals surface area contributed by atoms with Gasteiger partial charge in [-0.1, -0.05) is 53.2 Å². The standard InChI is InChI=1S/C15H22BrNO/c1-11(10-16)12(2)17-14(18)15(3,4)13-8-6-5-7-9-13/h5-9,11-12H,10H2,1-4H3,(H,17,18). The zero-order valence-electron chi connectivity index (χ0n) is 11.5. The lowest BCUT2D eigenvalue weighted by Crippen LogP contribution is -2.46. The van der Waals surface area contributed by atoms with Crippen molar-refractivity contribution in [1.82, 2.24) is 5.32 Å². The number of hydrogen-bond donors (Lipinski definition) is 1. The number of benzene rings is 1. The largest absolute Gasteiger partial charge is 0.353 e. The van der Waals surface area contributed by atoms with Crippen molar-refractivity contribution < 1.29 is 4.79 Å². The molecule has 0 heterocycles. The summed E-state index contributed by atoms with van der Waals surface area (Å²) in [6, 6.07) is 10.1. The van der Waals surface area contributed by atoms with Crippen molar-refractivity contribution in [2.75, 3.05) is 5.33 Å². The smallest absolute Gasteiger partial charge is 0.230 e. The molecule has 3 heteroatoms. The summed E-state index contributed by atoms with van der Waals surface area (Å²) in [5, 5.41) is 3.99. The van der Waals surface area contributed by atoms with E-state index < -0.39 is 5.41 Å². The van der Waals surface area contributed by atoms with Gasteiger partial charge in [0.1, 0.15) is 0 Å². The monoisotopic (exact) mass is 311 g/mol. The van der Waals surface area contributed by atoms with Gasteiger partial charge in [-0.25, -0.2) is 0 Å². The van der Waals surface area contributed by atoms with E-state index in [1.807, 2.05) is 51.1 Å². The van der Waals surface area contributed by atoms with Crippen molar-refractivity contribution in [3.63, 3.8) is 0 Å². The quantitative estimate of drug-likeness (QED) is 0.829. The minimum absolute atomic E-state index is 0.0778. The van der Waals surface area contributed by atoms with E-state index in [0.717, 1.165) is 10.9 Å². The van der Waals surface area contributed by atoms with E-state index in [-0.39, 0.29) is 11.9 Å². The number of carbonyl (C=O) groups is 1. The van der Waals surface area contributed by atoms with Gasteiger partial charge in [0, 0.05) is 11.4 Å². The Bertz CT molecular complexity index is 389. The van der Waals surface area contributed by atoms with Gasteiger partial charge < -0.3 is 5.32 Å². The van der Waals surface area contributed by atoms with Crippen LogP contribution in [-0.4, -0.2) is 17.3 Å². The highest BCUT2D eigenvalue weighted by molar-refractivity contribution is 9.09. The summed E-state index contributed by atoms with van der Waals surface area (Å²) < 4.78 is 0. The van der Waals surface area contributed by atoms with E-state index in [4.69, 9.17) is 0 Å². The first-order chi connectivity index (χ1) is 8.39. The molecule has 18 heavy (non-hydrogen) atoms. The van der Waals surface area contributed by atoms with E-state index in [1.165, 1.54) is 0 Å². The fourth-order valence-electron chi connectivity index (χ4n) is 1.65. The van der Waals surface area contributed by atoms with Crippen LogP contribution < -0.4 is 5.32 Å². The molecule has 0 spiro atoms. The van der Waals surface area contributed by atoms with Gasteiger partial charge in [0.05, 0.1) is 5.41 Å². The summed E-state index contributed by atoms with van der Waals surface area (Å²) in [6.45, 7) is 8.09. The van der Waals surface area contributed by atoms with Crippen LogP contribution in [0.2, 0.25) is 0 Å². The van der Waals surface area contributed by atoms with E-state index in [0.29, 0.717) is 5.92 Å². The fourth-order valence-corrected chi connectivity index (χ4v) is 2.21. The Balaban J connectivity index is 2.77. The lowest BCUT2D eigenvalue weighted by atomic mass is 9.83. The predicted molar refractivity (Wildman–Crippen MR) is 80.0 cm³/mol. The maximum atomic E-state index is 12.4. The summed E-state index contributed by atoms with van der Waals surface area (Å²) in [4.78, 5) is 12.4. The van der Waals surface area contributed by atoms with Crippen LogP contribution in [0.15, 0.2) is 30.3 Å². The molecule has 0 aromatic heterocycles. The SMILES string of the molecule is CC(CBr)C(C)NC(=O)C(C)(C)c1ccccc1. The Morgan fingerprint density at radius 3 is 2.33 bits per heavy atom. The van der Waals surface area contributed by atoms with E-state index in [9.17, 15) is 4.79 Å². The highest BCUT2D eigenvalue weighted by atomic mass is 79.9. The van der Waals surface area contributed by atoms with Crippen molar-refractivity contribution in [2.45, 2.75) is 39.2 Å². The van der Waals surface area contributed by atoms with Crippen LogP contribution in [0.3, 0.4) is 0 Å². The molecule has 0 aliphatic carbocycles. The maximum absolute atomic E-state index is 12.4. The van der Waals surface area contributed by atoms with Gasteiger partial charge >= 0.3 is 0 Å². The van der Waals surface area contributed by atoms with Crippen molar-refractivity contribution in [3.8, 4) is 0 Å². The molecule has 0 radical (unpaired) electrons. The average Bonchev–Trinajstić information content (AvgIpc) is 2.38. The Labute approximate surface area is 118 Å². The molecule has 0 aliphatic rings. The second-order valence-corrected chi connectivity index (χ2v) is 6.03. The Hall–Kier alpha value is -0.830. The summed E-state index contributed by atoms with van der Waals surface area (Å²) >= 11 is 3.45. The minimum Gasteiger partial charge on any atom is -0.353 e. The van der Waals surface area contributed by atoms with E-state index >= 15 is 0 Å². The highest BCUT2D eigenvalue weighted by Crippen LogP contribution is 2.23. The lowest BCUT2D eigenvalue weighted by Gasteiger charge is -2.28. The van der Waals surface area contributed by atoms with Gasteiger partial charge in [0.25, 0.3) is 0 Å². The van der Waals surface area contributed by atoms with E-state index in [1.54, 1.807) is 0 Å². The first-order valence-electron chi connectivity index (χ1n) is 6.32. The van der Waals surface area contributed by atoms with Crippen LogP contribution in [0.5, 0.6) is 0 Å². The highest BCUT2D eigenvalue weighted by Gasteiger charge is 2.30. The third kappa shape index (κ3) is 3.58. The van der Waals surface area contributed by atoms with Crippen LogP contribution >= 0.6 is 15.9 Å². The molecule has 0 saturated carbocycles. The maximum Gasteiger partial charge on any atom is 0.230 e. The average molecular weight is 312 g/mol. The Morgan fingerprint density at radius 1 is 1.28 bits per heavy atom. The van der Waals surface area contributed by atoms with Crippen LogP contribution in [0.4, 0.5) is 0 Å². The molecule has 2 nitrogen and oxygen atoms in total. The Morgan fingerprint density at radius 2 is 1.83 bits per heavy atom. The lowest BCUT2D eigenvalue weighted by molar-refractivity contribution is -0.126. The summed E-state index contributed by atoms with van der Waals surface area (Å²) in [6.07, 6.45) is 0. The number of alkyl halides is 1. The molecule has 1 N–H and O–H groups in total.